The zero-order valence-corrected chi connectivity index (χ0v) is 10.8. The third kappa shape index (κ3) is 4.97. The summed E-state index contributed by atoms with van der Waals surface area (Å²) < 4.78 is 5.82. The van der Waals surface area contributed by atoms with E-state index in [0.717, 1.165) is 5.92 Å². The molecule has 0 spiro atoms. The van der Waals surface area contributed by atoms with Crippen molar-refractivity contribution in [3.8, 4) is 0 Å². The van der Waals surface area contributed by atoms with Crippen LogP contribution in [0.15, 0.2) is 0 Å². The Morgan fingerprint density at radius 3 is 2.50 bits per heavy atom. The molecule has 0 unspecified atom stereocenters. The Morgan fingerprint density at radius 1 is 1.38 bits per heavy atom. The highest BCUT2D eigenvalue weighted by Crippen LogP contribution is 2.28. The van der Waals surface area contributed by atoms with Crippen LogP contribution in [0.4, 0.5) is 0 Å². The molecule has 1 saturated carbocycles. The monoisotopic (exact) mass is 227 g/mol. The van der Waals surface area contributed by atoms with Gasteiger partial charge >= 0.3 is 0 Å². The van der Waals surface area contributed by atoms with Crippen LogP contribution in [0.3, 0.4) is 0 Å². The molecule has 1 amide bonds. The molecule has 1 N–H and O–H groups in total. The first-order chi connectivity index (χ1) is 7.61. The predicted octanol–water partition coefficient (Wildman–Crippen LogP) is 2.50. The van der Waals surface area contributed by atoms with Crippen molar-refractivity contribution in [2.75, 3.05) is 6.61 Å². The first kappa shape index (κ1) is 13.5. The zero-order chi connectivity index (χ0) is 12.0. The molecule has 0 aromatic carbocycles. The number of amides is 1. The van der Waals surface area contributed by atoms with E-state index in [1.165, 1.54) is 32.1 Å². The summed E-state index contributed by atoms with van der Waals surface area (Å²) in [6, 6.07) is 0.126. The molecule has 1 aliphatic rings. The summed E-state index contributed by atoms with van der Waals surface area (Å²) in [5.74, 6) is 0.929. The van der Waals surface area contributed by atoms with Crippen molar-refractivity contribution in [1.29, 1.82) is 0 Å². The van der Waals surface area contributed by atoms with Gasteiger partial charge in [-0.3, -0.25) is 4.79 Å². The first-order valence-electron chi connectivity index (χ1n) is 6.50. The highest BCUT2D eigenvalue weighted by atomic mass is 16.5. The van der Waals surface area contributed by atoms with Gasteiger partial charge in [0.25, 0.3) is 0 Å². The molecule has 1 atom stereocenters. The van der Waals surface area contributed by atoms with Crippen LogP contribution < -0.4 is 5.32 Å². The van der Waals surface area contributed by atoms with Gasteiger partial charge in [-0.05, 0) is 38.5 Å². The SMILES string of the molecule is CCC1CCC(OC[C@H](C)NC(C)=O)CC1. The molecule has 1 rings (SSSR count). The number of hydrogen-bond donors (Lipinski definition) is 1. The molecule has 1 fully saturated rings. The third-order valence-electron chi connectivity index (χ3n) is 3.40. The molecular weight excluding hydrogens is 202 g/mol. The molecule has 0 saturated heterocycles. The van der Waals surface area contributed by atoms with Crippen LogP contribution >= 0.6 is 0 Å². The largest absolute Gasteiger partial charge is 0.376 e. The average molecular weight is 227 g/mol. The van der Waals surface area contributed by atoms with E-state index in [1.54, 1.807) is 6.92 Å². The third-order valence-corrected chi connectivity index (χ3v) is 3.40. The smallest absolute Gasteiger partial charge is 0.217 e. The average Bonchev–Trinajstić information content (AvgIpc) is 2.26. The number of carbonyl (C=O) groups is 1. The second-order valence-corrected chi connectivity index (χ2v) is 4.99. The number of rotatable bonds is 5. The molecular formula is C13H25NO2. The van der Waals surface area contributed by atoms with E-state index >= 15 is 0 Å². The lowest BCUT2D eigenvalue weighted by Crippen LogP contribution is -2.36. The highest BCUT2D eigenvalue weighted by molar-refractivity contribution is 5.73. The number of carbonyl (C=O) groups excluding carboxylic acids is 1. The maximum Gasteiger partial charge on any atom is 0.217 e. The molecule has 3 heteroatoms. The van der Waals surface area contributed by atoms with Crippen LogP contribution in [0.2, 0.25) is 0 Å². The summed E-state index contributed by atoms with van der Waals surface area (Å²) in [6.07, 6.45) is 6.69. The quantitative estimate of drug-likeness (QED) is 0.783. The Bertz CT molecular complexity index is 210. The van der Waals surface area contributed by atoms with Crippen molar-refractivity contribution in [2.24, 2.45) is 5.92 Å². The Morgan fingerprint density at radius 2 is 2.00 bits per heavy atom. The molecule has 0 bridgehead atoms. The number of hydrogen-bond acceptors (Lipinski definition) is 2. The second-order valence-electron chi connectivity index (χ2n) is 4.99. The minimum absolute atomic E-state index is 0.0193. The van der Waals surface area contributed by atoms with Gasteiger partial charge in [0, 0.05) is 13.0 Å². The number of ether oxygens (including phenoxy) is 1. The molecule has 94 valence electrons. The highest BCUT2D eigenvalue weighted by Gasteiger charge is 2.20. The fourth-order valence-electron chi connectivity index (χ4n) is 2.38. The van der Waals surface area contributed by atoms with E-state index in [2.05, 4.69) is 12.2 Å². The van der Waals surface area contributed by atoms with Gasteiger partial charge < -0.3 is 10.1 Å². The van der Waals surface area contributed by atoms with Gasteiger partial charge in [-0.2, -0.15) is 0 Å². The van der Waals surface area contributed by atoms with Crippen molar-refractivity contribution < 1.29 is 9.53 Å². The van der Waals surface area contributed by atoms with E-state index in [-0.39, 0.29) is 11.9 Å². The molecule has 0 aromatic rings. The molecule has 3 nitrogen and oxygen atoms in total. The van der Waals surface area contributed by atoms with Crippen LogP contribution in [-0.2, 0) is 9.53 Å². The van der Waals surface area contributed by atoms with Crippen LogP contribution in [0.1, 0.15) is 52.9 Å². The Labute approximate surface area is 98.9 Å². The Balaban J connectivity index is 2.12. The van der Waals surface area contributed by atoms with Crippen molar-refractivity contribution in [1.82, 2.24) is 5.32 Å². The van der Waals surface area contributed by atoms with Gasteiger partial charge in [-0.1, -0.05) is 13.3 Å². The van der Waals surface area contributed by atoms with E-state index in [0.29, 0.717) is 12.7 Å². The molecule has 0 heterocycles. The summed E-state index contributed by atoms with van der Waals surface area (Å²) >= 11 is 0. The second kappa shape index (κ2) is 6.89. The lowest BCUT2D eigenvalue weighted by molar-refractivity contribution is -0.120. The van der Waals surface area contributed by atoms with Crippen LogP contribution in [0.25, 0.3) is 0 Å². The van der Waals surface area contributed by atoms with Crippen molar-refractivity contribution in [2.45, 2.75) is 65.0 Å². The lowest BCUT2D eigenvalue weighted by atomic mass is 9.86. The summed E-state index contributed by atoms with van der Waals surface area (Å²) in [4.78, 5) is 10.8. The predicted molar refractivity (Wildman–Crippen MR) is 65.3 cm³/mol. The fourth-order valence-corrected chi connectivity index (χ4v) is 2.38. The molecule has 16 heavy (non-hydrogen) atoms. The van der Waals surface area contributed by atoms with Crippen LogP contribution in [0, 0.1) is 5.92 Å². The maximum atomic E-state index is 10.8. The van der Waals surface area contributed by atoms with E-state index in [4.69, 9.17) is 4.74 Å². The first-order valence-corrected chi connectivity index (χ1v) is 6.50. The Hall–Kier alpha value is -0.570. The molecule has 0 radical (unpaired) electrons. The Kier molecular flexibility index (Phi) is 5.81. The van der Waals surface area contributed by atoms with Gasteiger partial charge in [0.1, 0.15) is 0 Å². The minimum atomic E-state index is 0.0193. The number of nitrogens with one attached hydrogen (secondary N) is 1. The molecule has 0 aliphatic heterocycles. The summed E-state index contributed by atoms with van der Waals surface area (Å²) in [6.45, 7) is 6.44. The maximum absolute atomic E-state index is 10.8. The van der Waals surface area contributed by atoms with E-state index in [1.807, 2.05) is 6.92 Å². The van der Waals surface area contributed by atoms with E-state index < -0.39 is 0 Å². The van der Waals surface area contributed by atoms with Crippen LogP contribution in [0.5, 0.6) is 0 Å². The summed E-state index contributed by atoms with van der Waals surface area (Å²) in [5, 5.41) is 2.84. The summed E-state index contributed by atoms with van der Waals surface area (Å²) in [7, 11) is 0. The van der Waals surface area contributed by atoms with Crippen LogP contribution in [-0.4, -0.2) is 24.7 Å². The van der Waals surface area contributed by atoms with Gasteiger partial charge in [0.2, 0.25) is 5.91 Å². The van der Waals surface area contributed by atoms with Crippen molar-refractivity contribution in [3.63, 3.8) is 0 Å². The van der Waals surface area contributed by atoms with Gasteiger partial charge in [0.15, 0.2) is 0 Å². The van der Waals surface area contributed by atoms with Crippen molar-refractivity contribution >= 4 is 5.91 Å². The topological polar surface area (TPSA) is 38.3 Å². The zero-order valence-electron chi connectivity index (χ0n) is 10.8. The molecule has 1 aliphatic carbocycles. The molecule has 0 aromatic heterocycles. The minimum Gasteiger partial charge on any atom is -0.376 e. The fraction of sp³-hybridized carbons (Fsp3) is 0.923. The van der Waals surface area contributed by atoms with Gasteiger partial charge in [-0.25, -0.2) is 0 Å². The van der Waals surface area contributed by atoms with Gasteiger partial charge in [0.05, 0.1) is 12.7 Å². The normalized spacial score (nSPS) is 27.4. The van der Waals surface area contributed by atoms with Gasteiger partial charge in [-0.15, -0.1) is 0 Å². The standard InChI is InChI=1S/C13H25NO2/c1-4-12-5-7-13(8-6-12)16-9-10(2)14-11(3)15/h10,12-13H,4-9H2,1-3H3,(H,14,15)/t10-,12?,13?/m0/s1. The van der Waals surface area contributed by atoms with E-state index in [9.17, 15) is 4.79 Å². The summed E-state index contributed by atoms with van der Waals surface area (Å²) in [5.41, 5.74) is 0. The lowest BCUT2D eigenvalue weighted by Gasteiger charge is -2.28. The van der Waals surface area contributed by atoms with Crippen molar-refractivity contribution in [3.05, 3.63) is 0 Å².